The molecule has 1 atom stereocenters. The fourth-order valence-electron chi connectivity index (χ4n) is 3.15. The molecule has 9 heteroatoms. The maximum Gasteiger partial charge on any atom is 0.303 e. The van der Waals surface area contributed by atoms with Gasteiger partial charge in [-0.05, 0) is 35.4 Å². The van der Waals surface area contributed by atoms with Crippen LogP contribution >= 0.6 is 23.3 Å². The fourth-order valence-corrected chi connectivity index (χ4v) is 3.79. The maximum absolute atomic E-state index is 12.7. The van der Waals surface area contributed by atoms with Crippen molar-refractivity contribution in [1.82, 2.24) is 13.8 Å². The van der Waals surface area contributed by atoms with E-state index in [1.165, 1.54) is 5.01 Å². The Balaban J connectivity index is 1.67. The Bertz CT molecular complexity index is 1080. The monoisotopic (exact) mass is 414 g/mol. The lowest BCUT2D eigenvalue weighted by molar-refractivity contribution is -0.141. The van der Waals surface area contributed by atoms with E-state index in [-0.39, 0.29) is 24.8 Å². The molecule has 0 radical (unpaired) electrons. The van der Waals surface area contributed by atoms with Gasteiger partial charge in [0.15, 0.2) is 0 Å². The quantitative estimate of drug-likeness (QED) is 0.683. The number of aromatic nitrogens is 2. The van der Waals surface area contributed by atoms with E-state index >= 15 is 0 Å². The molecule has 1 unspecified atom stereocenters. The van der Waals surface area contributed by atoms with Gasteiger partial charge in [-0.25, -0.2) is 5.01 Å². The molecule has 0 aliphatic carbocycles. The Morgan fingerprint density at radius 3 is 2.61 bits per heavy atom. The molecule has 1 aliphatic rings. The first kappa shape index (κ1) is 18.5. The second kappa shape index (κ2) is 7.65. The van der Waals surface area contributed by atoms with Crippen molar-refractivity contribution in [2.75, 3.05) is 0 Å². The first-order valence-electron chi connectivity index (χ1n) is 8.61. The number of hydrazone groups is 1. The molecule has 0 saturated heterocycles. The molecule has 1 aromatic heterocycles. The van der Waals surface area contributed by atoms with Crippen LogP contribution in [0.5, 0.6) is 0 Å². The van der Waals surface area contributed by atoms with Crippen molar-refractivity contribution < 1.29 is 14.7 Å². The Morgan fingerprint density at radius 2 is 1.86 bits per heavy atom. The molecule has 2 heterocycles. The highest BCUT2D eigenvalue weighted by Crippen LogP contribution is 2.34. The zero-order chi connectivity index (χ0) is 19.7. The summed E-state index contributed by atoms with van der Waals surface area (Å²) in [4.78, 5) is 23.6. The van der Waals surface area contributed by atoms with Gasteiger partial charge in [0.05, 0.1) is 29.9 Å². The average Bonchev–Trinajstić information content (AvgIpc) is 3.33. The van der Waals surface area contributed by atoms with E-state index in [2.05, 4.69) is 13.8 Å². The number of aliphatic carboxylic acids is 1. The number of hydrogen-bond donors (Lipinski definition) is 1. The molecule has 0 fully saturated rings. The van der Waals surface area contributed by atoms with Gasteiger partial charge in [-0.1, -0.05) is 29.8 Å². The molecule has 142 valence electrons. The topological polar surface area (TPSA) is 95.8 Å². The number of benzene rings is 2. The van der Waals surface area contributed by atoms with E-state index in [0.29, 0.717) is 11.4 Å². The number of hydrogen-bond acceptors (Lipinski definition) is 6. The van der Waals surface area contributed by atoms with Crippen LogP contribution in [0.4, 0.5) is 0 Å². The zero-order valence-electron chi connectivity index (χ0n) is 14.6. The first-order chi connectivity index (χ1) is 13.5. The van der Waals surface area contributed by atoms with Crippen molar-refractivity contribution in [3.8, 4) is 0 Å². The van der Waals surface area contributed by atoms with E-state index in [1.807, 2.05) is 30.3 Å². The van der Waals surface area contributed by atoms with Gasteiger partial charge < -0.3 is 5.11 Å². The number of halogens is 1. The highest BCUT2D eigenvalue weighted by Gasteiger charge is 2.33. The van der Waals surface area contributed by atoms with Crippen molar-refractivity contribution >= 4 is 52.0 Å². The standard InChI is InChI=1S/C19H15ClN4O3S/c20-13-4-1-11(2-5-13)15-10-17(24(21-15)18(25)7-8-19(26)27)12-3-6-14-16(9-12)23-28-22-14/h1-6,9,17H,7-8,10H2,(H,26,27). The van der Waals surface area contributed by atoms with Gasteiger partial charge in [-0.2, -0.15) is 13.8 Å². The summed E-state index contributed by atoms with van der Waals surface area (Å²) in [7, 11) is 0. The number of nitrogens with zero attached hydrogens (tertiary/aromatic N) is 4. The maximum atomic E-state index is 12.7. The Morgan fingerprint density at radius 1 is 1.11 bits per heavy atom. The number of carbonyl (C=O) groups is 2. The lowest BCUT2D eigenvalue weighted by atomic mass is 9.98. The summed E-state index contributed by atoms with van der Waals surface area (Å²) in [6.45, 7) is 0. The van der Waals surface area contributed by atoms with Crippen LogP contribution in [0.15, 0.2) is 47.6 Å². The van der Waals surface area contributed by atoms with E-state index in [4.69, 9.17) is 16.7 Å². The normalized spacial score (nSPS) is 16.4. The van der Waals surface area contributed by atoms with Gasteiger partial charge in [0.25, 0.3) is 0 Å². The average molecular weight is 415 g/mol. The summed E-state index contributed by atoms with van der Waals surface area (Å²) in [5.74, 6) is -1.34. The van der Waals surface area contributed by atoms with Crippen LogP contribution in [-0.2, 0) is 9.59 Å². The Hall–Kier alpha value is -2.84. The van der Waals surface area contributed by atoms with Crippen molar-refractivity contribution in [2.45, 2.75) is 25.3 Å². The van der Waals surface area contributed by atoms with Crippen molar-refractivity contribution in [2.24, 2.45) is 5.10 Å². The SMILES string of the molecule is O=C(O)CCC(=O)N1N=C(c2ccc(Cl)cc2)CC1c1ccc2nsnc2c1. The summed E-state index contributed by atoms with van der Waals surface area (Å²) in [6, 6.07) is 12.6. The Labute approximate surface area is 169 Å². The fraction of sp³-hybridized carbons (Fsp3) is 0.211. The number of amides is 1. The third-order valence-electron chi connectivity index (χ3n) is 4.56. The molecular formula is C19H15ClN4O3S. The van der Waals surface area contributed by atoms with Crippen LogP contribution in [0.3, 0.4) is 0 Å². The van der Waals surface area contributed by atoms with Crippen LogP contribution in [0, 0.1) is 0 Å². The second-order valence-electron chi connectivity index (χ2n) is 6.42. The van der Waals surface area contributed by atoms with Crippen LogP contribution in [0.2, 0.25) is 5.02 Å². The smallest absolute Gasteiger partial charge is 0.303 e. The van der Waals surface area contributed by atoms with E-state index in [9.17, 15) is 9.59 Å². The van der Waals surface area contributed by atoms with E-state index in [1.54, 1.807) is 12.1 Å². The summed E-state index contributed by atoms with van der Waals surface area (Å²) in [6.07, 6.45) is 0.177. The van der Waals surface area contributed by atoms with Gasteiger partial charge in [0.1, 0.15) is 11.0 Å². The number of rotatable bonds is 5. The molecule has 0 spiro atoms. The molecule has 0 bridgehead atoms. The van der Waals surface area contributed by atoms with Crippen molar-refractivity contribution in [1.29, 1.82) is 0 Å². The lowest BCUT2D eigenvalue weighted by Gasteiger charge is -2.21. The minimum Gasteiger partial charge on any atom is -0.481 e. The number of carbonyl (C=O) groups excluding carboxylic acids is 1. The summed E-state index contributed by atoms with van der Waals surface area (Å²) in [5.41, 5.74) is 4.08. The summed E-state index contributed by atoms with van der Waals surface area (Å²) >= 11 is 7.10. The first-order valence-corrected chi connectivity index (χ1v) is 9.71. The van der Waals surface area contributed by atoms with Crippen LogP contribution < -0.4 is 0 Å². The number of carboxylic acid groups (broad SMARTS) is 1. The van der Waals surface area contributed by atoms with Gasteiger partial charge in [-0.15, -0.1) is 0 Å². The third kappa shape index (κ3) is 3.74. The second-order valence-corrected chi connectivity index (χ2v) is 7.38. The summed E-state index contributed by atoms with van der Waals surface area (Å²) < 4.78 is 8.47. The highest BCUT2D eigenvalue weighted by molar-refractivity contribution is 7.00. The van der Waals surface area contributed by atoms with Crippen molar-refractivity contribution in [3.05, 3.63) is 58.6 Å². The van der Waals surface area contributed by atoms with Gasteiger partial charge in [-0.3, -0.25) is 9.59 Å². The minimum absolute atomic E-state index is 0.107. The molecule has 1 N–H and O–H groups in total. The third-order valence-corrected chi connectivity index (χ3v) is 5.37. The zero-order valence-corrected chi connectivity index (χ0v) is 16.2. The molecule has 2 aromatic carbocycles. The van der Waals surface area contributed by atoms with E-state index in [0.717, 1.165) is 39.6 Å². The molecule has 1 amide bonds. The van der Waals surface area contributed by atoms with E-state index < -0.39 is 5.97 Å². The number of carboxylic acids is 1. The predicted molar refractivity (Wildman–Crippen MR) is 106 cm³/mol. The molecule has 28 heavy (non-hydrogen) atoms. The lowest BCUT2D eigenvalue weighted by Crippen LogP contribution is -2.27. The molecule has 0 saturated carbocycles. The van der Waals surface area contributed by atoms with Crippen molar-refractivity contribution in [3.63, 3.8) is 0 Å². The van der Waals surface area contributed by atoms with Crippen LogP contribution in [0.1, 0.15) is 36.4 Å². The largest absolute Gasteiger partial charge is 0.481 e. The van der Waals surface area contributed by atoms with Gasteiger partial charge >= 0.3 is 5.97 Å². The molecule has 7 nitrogen and oxygen atoms in total. The molecule has 4 rings (SSSR count). The molecule has 3 aromatic rings. The number of fused-ring (bicyclic) bond motifs is 1. The predicted octanol–water partition coefficient (Wildman–Crippen LogP) is 3.89. The van der Waals surface area contributed by atoms with Gasteiger partial charge in [0.2, 0.25) is 5.91 Å². The summed E-state index contributed by atoms with van der Waals surface area (Å²) in [5, 5.41) is 15.4. The van der Waals surface area contributed by atoms with Gasteiger partial charge in [0, 0.05) is 17.9 Å². The minimum atomic E-state index is -1.01. The van der Waals surface area contributed by atoms with Crippen LogP contribution in [0.25, 0.3) is 11.0 Å². The molecule has 1 aliphatic heterocycles. The molecular weight excluding hydrogens is 400 g/mol. The highest BCUT2D eigenvalue weighted by atomic mass is 35.5. The van der Waals surface area contributed by atoms with Crippen LogP contribution in [-0.4, -0.2) is 36.5 Å². The Kier molecular flexibility index (Phi) is 5.06.